The van der Waals surface area contributed by atoms with E-state index in [9.17, 15) is 0 Å². The lowest BCUT2D eigenvalue weighted by Crippen LogP contribution is -2.19. The van der Waals surface area contributed by atoms with E-state index >= 15 is 0 Å². The molecule has 0 atom stereocenters. The van der Waals surface area contributed by atoms with Gasteiger partial charge in [0, 0.05) is 12.7 Å². The van der Waals surface area contributed by atoms with Crippen LogP contribution in [0.5, 0.6) is 17.4 Å². The molecule has 0 aliphatic heterocycles. The van der Waals surface area contributed by atoms with Crippen molar-refractivity contribution in [2.45, 2.75) is 20.4 Å². The lowest BCUT2D eigenvalue weighted by molar-refractivity contribution is 0.412. The zero-order valence-corrected chi connectivity index (χ0v) is 12.7. The average Bonchev–Trinajstić information content (AvgIpc) is 2.48. The first-order chi connectivity index (χ1) is 10.2. The fourth-order valence-electron chi connectivity index (χ4n) is 1.77. The van der Waals surface area contributed by atoms with E-state index in [1.807, 2.05) is 24.3 Å². The van der Waals surface area contributed by atoms with E-state index in [1.165, 1.54) is 0 Å². The van der Waals surface area contributed by atoms with Crippen LogP contribution >= 0.6 is 0 Å². The Kier molecular flexibility index (Phi) is 5.51. The molecule has 1 aromatic carbocycles. The summed E-state index contributed by atoms with van der Waals surface area (Å²) in [7, 11) is 1.63. The van der Waals surface area contributed by atoms with Gasteiger partial charge in [-0.2, -0.15) is 0 Å². The van der Waals surface area contributed by atoms with Crippen molar-refractivity contribution in [1.82, 2.24) is 15.3 Å². The molecule has 0 aliphatic rings. The topological polar surface area (TPSA) is 56.3 Å². The van der Waals surface area contributed by atoms with Crippen LogP contribution in [0.2, 0.25) is 0 Å². The molecule has 0 saturated carbocycles. The first-order valence-corrected chi connectivity index (χ1v) is 7.01. The van der Waals surface area contributed by atoms with Gasteiger partial charge in [0.15, 0.2) is 0 Å². The Bertz CT molecular complexity index is 556. The van der Waals surface area contributed by atoms with Gasteiger partial charge in [-0.05, 0) is 36.7 Å². The van der Waals surface area contributed by atoms with Gasteiger partial charge >= 0.3 is 0 Å². The second kappa shape index (κ2) is 7.59. The quantitative estimate of drug-likeness (QED) is 0.848. The lowest BCUT2D eigenvalue weighted by atomic mass is 10.2. The molecule has 0 spiro atoms. The molecular formula is C16H21N3O2. The summed E-state index contributed by atoms with van der Waals surface area (Å²) in [6.07, 6.45) is 3.35. The Labute approximate surface area is 125 Å². The van der Waals surface area contributed by atoms with Crippen LogP contribution in [0.15, 0.2) is 36.7 Å². The van der Waals surface area contributed by atoms with Crippen LogP contribution in [-0.2, 0) is 6.54 Å². The molecule has 5 nitrogen and oxygen atoms in total. The van der Waals surface area contributed by atoms with Crippen LogP contribution in [0, 0.1) is 5.92 Å². The summed E-state index contributed by atoms with van der Waals surface area (Å²) in [6, 6.07) is 7.36. The van der Waals surface area contributed by atoms with Gasteiger partial charge in [-0.1, -0.05) is 13.8 Å². The van der Waals surface area contributed by atoms with E-state index in [0.29, 0.717) is 24.1 Å². The van der Waals surface area contributed by atoms with Crippen LogP contribution in [0.1, 0.15) is 19.5 Å². The Hall–Kier alpha value is -2.14. The van der Waals surface area contributed by atoms with E-state index < -0.39 is 0 Å². The average molecular weight is 287 g/mol. The second-order valence-corrected chi connectivity index (χ2v) is 5.15. The molecule has 21 heavy (non-hydrogen) atoms. The van der Waals surface area contributed by atoms with Crippen molar-refractivity contribution in [3.05, 3.63) is 42.4 Å². The minimum Gasteiger partial charge on any atom is -0.497 e. The summed E-state index contributed by atoms with van der Waals surface area (Å²) in [6.45, 7) is 5.97. The monoisotopic (exact) mass is 287 g/mol. The molecule has 5 heteroatoms. The van der Waals surface area contributed by atoms with Crippen molar-refractivity contribution in [2.75, 3.05) is 13.7 Å². The SMILES string of the molecule is COc1ccc(Oc2cncc(CNCC(C)C)n2)cc1. The molecule has 0 bridgehead atoms. The van der Waals surface area contributed by atoms with Crippen LogP contribution in [0.3, 0.4) is 0 Å². The summed E-state index contributed by atoms with van der Waals surface area (Å²) >= 11 is 0. The molecule has 0 fully saturated rings. The first kappa shape index (κ1) is 15.3. The van der Waals surface area contributed by atoms with Crippen molar-refractivity contribution in [3.8, 4) is 17.4 Å². The van der Waals surface area contributed by atoms with E-state index in [-0.39, 0.29) is 0 Å². The highest BCUT2D eigenvalue weighted by molar-refractivity contribution is 5.33. The molecule has 1 aromatic heterocycles. The molecule has 2 aromatic rings. The smallest absolute Gasteiger partial charge is 0.238 e. The van der Waals surface area contributed by atoms with Crippen LogP contribution in [-0.4, -0.2) is 23.6 Å². The molecule has 0 aliphatic carbocycles. The standard InChI is InChI=1S/C16H21N3O2/c1-12(2)8-17-9-13-10-18-11-16(19-13)21-15-6-4-14(20-3)5-7-15/h4-7,10-12,17H,8-9H2,1-3H3. The normalized spacial score (nSPS) is 10.7. The highest BCUT2D eigenvalue weighted by atomic mass is 16.5. The number of rotatable bonds is 7. The molecule has 2 rings (SSSR count). The van der Waals surface area contributed by atoms with Crippen LogP contribution in [0.4, 0.5) is 0 Å². The maximum absolute atomic E-state index is 5.69. The zero-order chi connectivity index (χ0) is 15.1. The zero-order valence-electron chi connectivity index (χ0n) is 12.7. The molecule has 0 amide bonds. The predicted octanol–water partition coefficient (Wildman–Crippen LogP) is 3.02. The number of ether oxygens (including phenoxy) is 2. The van der Waals surface area contributed by atoms with Gasteiger partial charge in [-0.15, -0.1) is 0 Å². The predicted molar refractivity (Wildman–Crippen MR) is 81.6 cm³/mol. The number of hydrogen-bond donors (Lipinski definition) is 1. The van der Waals surface area contributed by atoms with Crippen LogP contribution in [0.25, 0.3) is 0 Å². The van der Waals surface area contributed by atoms with Crippen molar-refractivity contribution < 1.29 is 9.47 Å². The number of nitrogens with one attached hydrogen (secondary N) is 1. The Morgan fingerprint density at radius 3 is 2.48 bits per heavy atom. The fraction of sp³-hybridized carbons (Fsp3) is 0.375. The minimum absolute atomic E-state index is 0.490. The third-order valence-electron chi connectivity index (χ3n) is 2.80. The third-order valence-corrected chi connectivity index (χ3v) is 2.80. The van der Waals surface area contributed by atoms with Crippen LogP contribution < -0.4 is 14.8 Å². The van der Waals surface area contributed by atoms with E-state index in [2.05, 4.69) is 29.1 Å². The van der Waals surface area contributed by atoms with Gasteiger partial charge in [0.2, 0.25) is 5.88 Å². The molecule has 0 saturated heterocycles. The molecule has 1 heterocycles. The number of methoxy groups -OCH3 is 1. The summed E-state index contributed by atoms with van der Waals surface area (Å²) in [5, 5.41) is 3.33. The largest absolute Gasteiger partial charge is 0.497 e. The molecular weight excluding hydrogens is 266 g/mol. The highest BCUT2D eigenvalue weighted by Crippen LogP contribution is 2.21. The maximum Gasteiger partial charge on any atom is 0.238 e. The van der Waals surface area contributed by atoms with Gasteiger partial charge in [-0.25, -0.2) is 4.98 Å². The number of benzene rings is 1. The maximum atomic E-state index is 5.69. The van der Waals surface area contributed by atoms with E-state index in [0.717, 1.165) is 18.0 Å². The van der Waals surface area contributed by atoms with Crippen molar-refractivity contribution >= 4 is 0 Å². The third kappa shape index (κ3) is 5.04. The summed E-state index contributed by atoms with van der Waals surface area (Å²) in [4.78, 5) is 8.59. The molecule has 1 N–H and O–H groups in total. The van der Waals surface area contributed by atoms with Crippen molar-refractivity contribution in [3.63, 3.8) is 0 Å². The van der Waals surface area contributed by atoms with Gasteiger partial charge in [0.05, 0.1) is 19.0 Å². The minimum atomic E-state index is 0.490. The molecule has 0 unspecified atom stereocenters. The van der Waals surface area contributed by atoms with Gasteiger partial charge in [-0.3, -0.25) is 4.98 Å². The van der Waals surface area contributed by atoms with E-state index in [1.54, 1.807) is 19.5 Å². The van der Waals surface area contributed by atoms with Gasteiger partial charge in [0.25, 0.3) is 0 Å². The Morgan fingerprint density at radius 1 is 1.10 bits per heavy atom. The number of nitrogens with zero attached hydrogens (tertiary/aromatic N) is 2. The Balaban J connectivity index is 1.96. The van der Waals surface area contributed by atoms with Gasteiger partial charge in [0.1, 0.15) is 11.5 Å². The lowest BCUT2D eigenvalue weighted by Gasteiger charge is -2.09. The van der Waals surface area contributed by atoms with Gasteiger partial charge < -0.3 is 14.8 Å². The first-order valence-electron chi connectivity index (χ1n) is 7.01. The Morgan fingerprint density at radius 2 is 1.81 bits per heavy atom. The summed E-state index contributed by atoms with van der Waals surface area (Å²) in [5.41, 5.74) is 0.863. The van der Waals surface area contributed by atoms with Crippen molar-refractivity contribution in [2.24, 2.45) is 5.92 Å². The highest BCUT2D eigenvalue weighted by Gasteiger charge is 2.03. The van der Waals surface area contributed by atoms with E-state index in [4.69, 9.17) is 9.47 Å². The molecule has 0 radical (unpaired) electrons. The summed E-state index contributed by atoms with van der Waals surface area (Å²) in [5.74, 6) is 2.60. The fourth-order valence-corrected chi connectivity index (χ4v) is 1.77. The second-order valence-electron chi connectivity index (χ2n) is 5.15. The van der Waals surface area contributed by atoms with Crippen molar-refractivity contribution in [1.29, 1.82) is 0 Å². The number of hydrogen-bond acceptors (Lipinski definition) is 5. The number of aromatic nitrogens is 2. The summed E-state index contributed by atoms with van der Waals surface area (Å²) < 4.78 is 10.8. The molecule has 112 valence electrons.